The number of halogens is 2. The first kappa shape index (κ1) is 23.3. The van der Waals surface area contributed by atoms with Crippen LogP contribution in [0.5, 0.6) is 0 Å². The number of hydrogen-bond donors (Lipinski definition) is 1. The number of likely N-dealkylation sites (N-methyl/N-ethyl adjacent to an activating group) is 1. The fraction of sp³-hybridized carbons (Fsp3) is 0.222. The Morgan fingerprint density at radius 3 is 2.29 bits per heavy atom. The van der Waals surface area contributed by atoms with E-state index in [1.165, 1.54) is 4.90 Å². The number of nitrogens with zero attached hydrogens (tertiary/aromatic N) is 1. The first-order valence-electron chi connectivity index (χ1n) is 11.0. The van der Waals surface area contributed by atoms with E-state index in [2.05, 4.69) is 5.32 Å². The van der Waals surface area contributed by atoms with Crippen LogP contribution < -0.4 is 10.2 Å². The number of amides is 2. The van der Waals surface area contributed by atoms with Gasteiger partial charge in [0, 0.05) is 37.4 Å². The molecule has 0 aliphatic carbocycles. The van der Waals surface area contributed by atoms with E-state index in [4.69, 9.17) is 0 Å². The van der Waals surface area contributed by atoms with Crippen molar-refractivity contribution < 1.29 is 23.2 Å². The van der Waals surface area contributed by atoms with E-state index in [9.17, 15) is 23.2 Å². The summed E-state index contributed by atoms with van der Waals surface area (Å²) < 4.78 is 26.8. The summed E-state index contributed by atoms with van der Waals surface area (Å²) in [7, 11) is 1.66. The number of benzene rings is 3. The van der Waals surface area contributed by atoms with Gasteiger partial charge in [0.15, 0.2) is 0 Å². The zero-order valence-corrected chi connectivity index (χ0v) is 18.8. The van der Waals surface area contributed by atoms with E-state index in [-0.39, 0.29) is 30.1 Å². The maximum atomic E-state index is 13.4. The molecular weight excluding hydrogens is 438 g/mol. The molecule has 0 saturated heterocycles. The van der Waals surface area contributed by atoms with Gasteiger partial charge < -0.3 is 10.2 Å². The molecule has 0 bridgehead atoms. The van der Waals surface area contributed by atoms with Crippen molar-refractivity contribution in [3.63, 3.8) is 0 Å². The van der Waals surface area contributed by atoms with Gasteiger partial charge in [-0.25, -0.2) is 8.78 Å². The van der Waals surface area contributed by atoms with Crippen LogP contribution in [0.1, 0.15) is 30.5 Å². The first-order chi connectivity index (χ1) is 16.2. The normalized spacial score (nSPS) is 15.7. The summed E-state index contributed by atoms with van der Waals surface area (Å²) in [5, 5.41) is 2.81. The Labute approximate surface area is 196 Å². The highest BCUT2D eigenvalue weighted by molar-refractivity contribution is 6.06. The summed E-state index contributed by atoms with van der Waals surface area (Å²) in [5.41, 5.74) is 3.35. The van der Waals surface area contributed by atoms with Gasteiger partial charge in [0.05, 0.1) is 5.69 Å². The number of nitrogens with one attached hydrogen (secondary N) is 1. The number of rotatable bonds is 6. The second-order valence-electron chi connectivity index (χ2n) is 8.54. The second-order valence-corrected chi connectivity index (χ2v) is 8.54. The van der Waals surface area contributed by atoms with Crippen molar-refractivity contribution in [2.75, 3.05) is 11.9 Å². The third kappa shape index (κ3) is 4.73. The monoisotopic (exact) mass is 462 g/mol. The van der Waals surface area contributed by atoms with E-state index in [1.807, 2.05) is 48.5 Å². The van der Waals surface area contributed by atoms with Crippen LogP contribution in [-0.4, -0.2) is 24.6 Å². The summed E-state index contributed by atoms with van der Waals surface area (Å²) in [6.45, 7) is 1.59. The zero-order chi connectivity index (χ0) is 24.4. The quantitative estimate of drug-likeness (QED) is 0.582. The van der Waals surface area contributed by atoms with Gasteiger partial charge in [-0.2, -0.15) is 0 Å². The molecule has 1 heterocycles. The first-order valence-corrected chi connectivity index (χ1v) is 11.0. The molecule has 1 aliphatic rings. The fourth-order valence-electron chi connectivity index (χ4n) is 4.30. The number of anilines is 1. The van der Waals surface area contributed by atoms with Gasteiger partial charge in [-0.1, -0.05) is 49.4 Å². The van der Waals surface area contributed by atoms with Crippen molar-refractivity contribution in [1.82, 2.24) is 5.32 Å². The lowest BCUT2D eigenvalue weighted by atomic mass is 9.94. The topological polar surface area (TPSA) is 66.5 Å². The van der Waals surface area contributed by atoms with Crippen LogP contribution in [0.4, 0.5) is 14.5 Å². The van der Waals surface area contributed by atoms with Crippen LogP contribution in [0.25, 0.3) is 11.1 Å². The molecule has 0 spiro atoms. The summed E-state index contributed by atoms with van der Waals surface area (Å²) in [5.74, 6) is -3.33. The Hall–Kier alpha value is -3.87. The molecule has 1 unspecified atom stereocenters. The number of hydrogen-bond acceptors (Lipinski definition) is 3. The van der Waals surface area contributed by atoms with Crippen LogP contribution in [-0.2, 0) is 20.8 Å². The van der Waals surface area contributed by atoms with Crippen molar-refractivity contribution in [1.29, 1.82) is 0 Å². The summed E-state index contributed by atoms with van der Waals surface area (Å²) in [6.07, 6.45) is -0.307. The number of ketones is 1. The van der Waals surface area contributed by atoms with Gasteiger partial charge in [0.25, 0.3) is 5.91 Å². The van der Waals surface area contributed by atoms with Crippen molar-refractivity contribution >= 4 is 23.3 Å². The molecule has 34 heavy (non-hydrogen) atoms. The second kappa shape index (κ2) is 9.55. The van der Waals surface area contributed by atoms with Gasteiger partial charge in [0.1, 0.15) is 23.5 Å². The standard InChI is InChI=1S/C27H24F2N2O3/c1-16(11-20(32)14-17-12-18(28)15-19(29)13-17)26(33)30-25-23-9-4-3-7-21(23)22-8-5-6-10-24(22)31(2)27(25)34/h3-10,12-13,15-16,25H,11,14H2,1-2H3,(H,30,33)/t16-,25?/m1/s1. The van der Waals surface area contributed by atoms with Crippen molar-refractivity contribution in [2.45, 2.75) is 25.8 Å². The van der Waals surface area contributed by atoms with Gasteiger partial charge in [-0.05, 0) is 34.9 Å². The smallest absolute Gasteiger partial charge is 0.253 e. The van der Waals surface area contributed by atoms with Gasteiger partial charge >= 0.3 is 0 Å². The molecular formula is C27H24F2N2O3. The Morgan fingerprint density at radius 2 is 1.59 bits per heavy atom. The minimum absolute atomic E-state index is 0.122. The molecule has 2 atom stereocenters. The minimum atomic E-state index is -0.920. The highest BCUT2D eigenvalue weighted by Crippen LogP contribution is 2.39. The van der Waals surface area contributed by atoms with E-state index in [0.717, 1.165) is 35.0 Å². The molecule has 3 aromatic rings. The lowest BCUT2D eigenvalue weighted by Crippen LogP contribution is -2.42. The zero-order valence-electron chi connectivity index (χ0n) is 18.8. The van der Waals surface area contributed by atoms with Gasteiger partial charge in [0.2, 0.25) is 5.91 Å². The lowest BCUT2D eigenvalue weighted by molar-refractivity contribution is -0.131. The Kier molecular flexibility index (Phi) is 6.54. The Balaban J connectivity index is 1.52. The number of fused-ring (bicyclic) bond motifs is 3. The molecule has 0 aromatic heterocycles. The van der Waals surface area contributed by atoms with Crippen molar-refractivity contribution in [2.24, 2.45) is 5.92 Å². The Morgan fingerprint density at radius 1 is 0.971 bits per heavy atom. The SMILES string of the molecule is C[C@H](CC(=O)Cc1cc(F)cc(F)c1)C(=O)NC1C(=O)N(C)c2ccccc2-c2ccccc21. The molecule has 7 heteroatoms. The molecule has 1 aliphatic heterocycles. The van der Waals surface area contributed by atoms with E-state index >= 15 is 0 Å². The Bertz CT molecular complexity index is 1250. The summed E-state index contributed by atoms with van der Waals surface area (Å²) in [6, 6.07) is 16.9. The molecule has 2 amide bonds. The van der Waals surface area contributed by atoms with E-state index < -0.39 is 29.5 Å². The molecule has 0 radical (unpaired) electrons. The minimum Gasteiger partial charge on any atom is -0.340 e. The highest BCUT2D eigenvalue weighted by Gasteiger charge is 2.34. The number of Topliss-reactive ketones (excluding diaryl/α,β-unsaturated/α-hetero) is 1. The predicted molar refractivity (Wildman–Crippen MR) is 125 cm³/mol. The molecule has 3 aromatic carbocycles. The molecule has 5 nitrogen and oxygen atoms in total. The van der Waals surface area contributed by atoms with E-state index in [0.29, 0.717) is 5.56 Å². The number of carbonyl (C=O) groups excluding carboxylic acids is 3. The number of para-hydroxylation sites is 1. The van der Waals surface area contributed by atoms with Crippen molar-refractivity contribution in [3.8, 4) is 11.1 Å². The van der Waals surface area contributed by atoms with E-state index in [1.54, 1.807) is 14.0 Å². The van der Waals surface area contributed by atoms with Crippen LogP contribution in [0, 0.1) is 17.6 Å². The van der Waals surface area contributed by atoms with Crippen LogP contribution in [0.3, 0.4) is 0 Å². The molecule has 4 rings (SSSR count). The summed E-state index contributed by atoms with van der Waals surface area (Å²) >= 11 is 0. The molecule has 174 valence electrons. The van der Waals surface area contributed by atoms with Gasteiger partial charge in [-0.3, -0.25) is 14.4 Å². The van der Waals surface area contributed by atoms with Gasteiger partial charge in [-0.15, -0.1) is 0 Å². The maximum Gasteiger partial charge on any atom is 0.253 e. The highest BCUT2D eigenvalue weighted by atomic mass is 19.1. The largest absolute Gasteiger partial charge is 0.340 e. The average Bonchev–Trinajstić information content (AvgIpc) is 2.88. The van der Waals surface area contributed by atoms with Crippen LogP contribution in [0.2, 0.25) is 0 Å². The summed E-state index contributed by atoms with van der Waals surface area (Å²) in [4.78, 5) is 40.3. The molecule has 0 fully saturated rings. The number of carbonyl (C=O) groups is 3. The molecule has 1 N–H and O–H groups in total. The maximum absolute atomic E-state index is 13.4. The predicted octanol–water partition coefficient (Wildman–Crippen LogP) is 4.60. The van der Waals surface area contributed by atoms with Crippen LogP contribution >= 0.6 is 0 Å². The fourth-order valence-corrected chi connectivity index (χ4v) is 4.30. The lowest BCUT2D eigenvalue weighted by Gasteiger charge is -2.24. The third-order valence-electron chi connectivity index (χ3n) is 6.00. The van der Waals surface area contributed by atoms with Crippen LogP contribution in [0.15, 0.2) is 66.7 Å². The molecule has 0 saturated carbocycles. The van der Waals surface area contributed by atoms with Crippen molar-refractivity contribution in [3.05, 3.63) is 89.5 Å². The average molecular weight is 462 g/mol. The third-order valence-corrected chi connectivity index (χ3v) is 6.00.